The molecule has 3 rings (SSSR count). The van der Waals surface area contributed by atoms with E-state index in [-0.39, 0.29) is 11.9 Å². The first-order valence-electron chi connectivity index (χ1n) is 9.67. The maximum absolute atomic E-state index is 12.7. The van der Waals surface area contributed by atoms with E-state index in [4.69, 9.17) is 0 Å². The largest absolute Gasteiger partial charge is 0.343 e. The Bertz CT molecular complexity index is 708. The quantitative estimate of drug-likeness (QED) is 0.686. The number of thiophene rings is 1. The molecule has 5 heteroatoms. The summed E-state index contributed by atoms with van der Waals surface area (Å²) in [5, 5.41) is 5.42. The van der Waals surface area contributed by atoms with Gasteiger partial charge in [-0.1, -0.05) is 23.8 Å². The molecule has 1 amide bonds. The highest BCUT2D eigenvalue weighted by Crippen LogP contribution is 2.20. The predicted molar refractivity (Wildman–Crippen MR) is 107 cm³/mol. The fourth-order valence-electron chi connectivity index (χ4n) is 4.02. The van der Waals surface area contributed by atoms with Gasteiger partial charge in [-0.3, -0.25) is 4.79 Å². The Balaban J connectivity index is 1.73. The molecule has 2 aromatic rings. The van der Waals surface area contributed by atoms with Gasteiger partial charge in [-0.05, 0) is 44.4 Å². The molecule has 140 valence electrons. The Hall–Kier alpha value is -1.69. The van der Waals surface area contributed by atoms with Crippen LogP contribution in [0.5, 0.6) is 0 Å². The van der Waals surface area contributed by atoms with E-state index >= 15 is 0 Å². The molecule has 2 heterocycles. The van der Waals surface area contributed by atoms with Crippen LogP contribution in [0.3, 0.4) is 0 Å². The van der Waals surface area contributed by atoms with Crippen molar-refractivity contribution < 1.29 is 14.6 Å². The standard InChI is InChI=1S/C21H29N3OS/c1-4-23-10-12-24(13-11-23)20(19-9-6-14-26-19)17(3)22-21(25)18-8-5-7-16(2)15-18/h5-9,14-15,17,20H,4,10-13H2,1-3H3,(H,22,25)/p+2/t17-,20-/m0/s1. The van der Waals surface area contributed by atoms with Crippen LogP contribution < -0.4 is 15.1 Å². The summed E-state index contributed by atoms with van der Waals surface area (Å²) >= 11 is 1.81. The van der Waals surface area contributed by atoms with Gasteiger partial charge in [-0.2, -0.15) is 0 Å². The summed E-state index contributed by atoms with van der Waals surface area (Å²) in [6.07, 6.45) is 0. The lowest BCUT2D eigenvalue weighted by molar-refractivity contribution is -1.03. The van der Waals surface area contributed by atoms with Gasteiger partial charge in [0.2, 0.25) is 0 Å². The van der Waals surface area contributed by atoms with Gasteiger partial charge < -0.3 is 15.1 Å². The fourth-order valence-corrected chi connectivity index (χ4v) is 5.01. The third kappa shape index (κ3) is 4.53. The number of carbonyl (C=O) groups is 1. The number of quaternary nitrogens is 2. The van der Waals surface area contributed by atoms with Gasteiger partial charge in [0.15, 0.2) is 0 Å². The summed E-state index contributed by atoms with van der Waals surface area (Å²) in [5.41, 5.74) is 1.86. The minimum atomic E-state index is 0.0278. The third-order valence-electron chi connectivity index (χ3n) is 5.53. The second-order valence-electron chi connectivity index (χ2n) is 7.39. The van der Waals surface area contributed by atoms with Crippen molar-refractivity contribution in [1.29, 1.82) is 0 Å². The molecule has 2 atom stereocenters. The van der Waals surface area contributed by atoms with Gasteiger partial charge in [0, 0.05) is 5.56 Å². The molecule has 0 saturated carbocycles. The number of hydrogen-bond donors (Lipinski definition) is 3. The van der Waals surface area contributed by atoms with E-state index in [0.29, 0.717) is 6.04 Å². The van der Waals surface area contributed by atoms with Crippen molar-refractivity contribution >= 4 is 17.2 Å². The van der Waals surface area contributed by atoms with Crippen LogP contribution in [0.15, 0.2) is 41.8 Å². The number of nitrogens with one attached hydrogen (secondary N) is 3. The number of carbonyl (C=O) groups excluding carboxylic acids is 1. The highest BCUT2D eigenvalue weighted by Gasteiger charge is 2.35. The van der Waals surface area contributed by atoms with Crippen LogP contribution in [0.2, 0.25) is 0 Å². The van der Waals surface area contributed by atoms with Crippen LogP contribution in [0.1, 0.15) is 40.7 Å². The van der Waals surface area contributed by atoms with E-state index < -0.39 is 0 Å². The molecule has 0 radical (unpaired) electrons. The topological polar surface area (TPSA) is 38.0 Å². The van der Waals surface area contributed by atoms with E-state index in [0.717, 1.165) is 24.2 Å². The minimum Gasteiger partial charge on any atom is -0.343 e. The molecule has 1 aliphatic heterocycles. The molecule has 26 heavy (non-hydrogen) atoms. The summed E-state index contributed by atoms with van der Waals surface area (Å²) in [6.45, 7) is 12.4. The molecular weight excluding hydrogens is 342 g/mol. The molecule has 0 bridgehead atoms. The smallest absolute Gasteiger partial charge is 0.251 e. The van der Waals surface area contributed by atoms with Crippen LogP contribution in [-0.4, -0.2) is 44.7 Å². The first kappa shape index (κ1) is 19.1. The SMILES string of the molecule is CC[NH+]1CC[NH+]([C@H](c2cccs2)[C@H](C)NC(=O)c2cccc(C)c2)CC1. The zero-order valence-corrected chi connectivity index (χ0v) is 16.9. The second-order valence-corrected chi connectivity index (χ2v) is 8.37. The van der Waals surface area contributed by atoms with Crippen molar-refractivity contribution in [1.82, 2.24) is 5.32 Å². The highest BCUT2D eigenvalue weighted by molar-refractivity contribution is 7.10. The van der Waals surface area contributed by atoms with Crippen LogP contribution in [0, 0.1) is 6.92 Å². The first-order chi connectivity index (χ1) is 12.6. The summed E-state index contributed by atoms with van der Waals surface area (Å²) in [4.78, 5) is 17.4. The van der Waals surface area contributed by atoms with Gasteiger partial charge in [-0.15, -0.1) is 11.3 Å². The van der Waals surface area contributed by atoms with Crippen LogP contribution >= 0.6 is 11.3 Å². The molecule has 0 aliphatic carbocycles. The Kier molecular flexibility index (Phi) is 6.46. The molecule has 0 spiro atoms. The van der Waals surface area contributed by atoms with Gasteiger partial charge in [0.05, 0.1) is 17.5 Å². The number of piperazine rings is 1. The lowest BCUT2D eigenvalue weighted by Crippen LogP contribution is -3.28. The molecule has 1 fully saturated rings. The Morgan fingerprint density at radius 1 is 1.19 bits per heavy atom. The van der Waals surface area contributed by atoms with E-state index in [2.05, 4.69) is 36.7 Å². The van der Waals surface area contributed by atoms with Crippen molar-refractivity contribution in [2.45, 2.75) is 32.9 Å². The molecule has 4 nitrogen and oxygen atoms in total. The second kappa shape index (κ2) is 8.80. The fraction of sp³-hybridized carbons (Fsp3) is 0.476. The zero-order chi connectivity index (χ0) is 18.5. The monoisotopic (exact) mass is 373 g/mol. The molecule has 0 unspecified atom stereocenters. The molecule has 1 aromatic heterocycles. The van der Waals surface area contributed by atoms with Crippen LogP contribution in [0.25, 0.3) is 0 Å². The maximum Gasteiger partial charge on any atom is 0.251 e. The van der Waals surface area contributed by atoms with Crippen LogP contribution in [0.4, 0.5) is 0 Å². The lowest BCUT2D eigenvalue weighted by atomic mass is 10.0. The van der Waals surface area contributed by atoms with Crippen LogP contribution in [-0.2, 0) is 0 Å². The third-order valence-corrected chi connectivity index (χ3v) is 6.48. The minimum absolute atomic E-state index is 0.0278. The summed E-state index contributed by atoms with van der Waals surface area (Å²) < 4.78 is 0. The predicted octanol–water partition coefficient (Wildman–Crippen LogP) is 0.719. The Labute approximate surface area is 160 Å². The van der Waals surface area contributed by atoms with Gasteiger partial charge in [0.25, 0.3) is 5.91 Å². The van der Waals surface area contributed by atoms with Crippen molar-refractivity contribution in [3.8, 4) is 0 Å². The lowest BCUT2D eigenvalue weighted by Gasteiger charge is -2.36. The van der Waals surface area contributed by atoms with E-state index in [9.17, 15) is 4.79 Å². The highest BCUT2D eigenvalue weighted by atomic mass is 32.1. The maximum atomic E-state index is 12.7. The number of rotatable bonds is 6. The molecule has 1 saturated heterocycles. The van der Waals surface area contributed by atoms with Gasteiger partial charge in [-0.25, -0.2) is 0 Å². The Morgan fingerprint density at radius 2 is 1.96 bits per heavy atom. The zero-order valence-electron chi connectivity index (χ0n) is 16.0. The van der Waals surface area contributed by atoms with E-state index in [1.54, 1.807) is 21.1 Å². The summed E-state index contributed by atoms with van der Waals surface area (Å²) in [7, 11) is 0. The normalized spacial score (nSPS) is 22.6. The number of aryl methyl sites for hydroxylation is 1. The number of benzene rings is 1. The number of likely N-dealkylation sites (N-methyl/N-ethyl adjacent to an activating group) is 1. The average Bonchev–Trinajstić information content (AvgIpc) is 3.16. The number of hydrogen-bond acceptors (Lipinski definition) is 2. The summed E-state index contributed by atoms with van der Waals surface area (Å²) in [6, 6.07) is 12.6. The molecule has 1 aliphatic rings. The van der Waals surface area contributed by atoms with Crippen molar-refractivity contribution in [3.05, 3.63) is 57.8 Å². The van der Waals surface area contributed by atoms with Gasteiger partial charge >= 0.3 is 0 Å². The van der Waals surface area contributed by atoms with Crippen molar-refractivity contribution in [3.63, 3.8) is 0 Å². The summed E-state index contributed by atoms with van der Waals surface area (Å²) in [5.74, 6) is 0.0278. The van der Waals surface area contributed by atoms with E-state index in [1.165, 1.54) is 24.5 Å². The van der Waals surface area contributed by atoms with Gasteiger partial charge in [0.1, 0.15) is 32.2 Å². The molecule has 1 aromatic carbocycles. The van der Waals surface area contributed by atoms with Crippen molar-refractivity contribution in [2.75, 3.05) is 32.7 Å². The number of amides is 1. The van der Waals surface area contributed by atoms with E-state index in [1.807, 2.05) is 31.2 Å². The Morgan fingerprint density at radius 3 is 2.58 bits per heavy atom. The average molecular weight is 374 g/mol. The first-order valence-corrected chi connectivity index (χ1v) is 10.6. The molecule has 3 N–H and O–H groups in total. The molecular formula is C21H31N3OS+2. The van der Waals surface area contributed by atoms with Crippen molar-refractivity contribution in [2.24, 2.45) is 0 Å².